The number of benzene rings is 1. The summed E-state index contributed by atoms with van der Waals surface area (Å²) in [6.07, 6.45) is 0.820. The van der Waals surface area contributed by atoms with E-state index in [2.05, 4.69) is 4.74 Å². The standard InChI is InChI=1S/C15H15F3O4/c1-4-21-7-9(15(20)22-5-2)14(19)12-8(3)13(18)11(17)6-10(12)16/h6-7H,4-5H2,1-3H3. The van der Waals surface area contributed by atoms with Crippen LogP contribution in [0.2, 0.25) is 0 Å². The van der Waals surface area contributed by atoms with Crippen LogP contribution in [-0.2, 0) is 14.3 Å². The Kier molecular flexibility index (Phi) is 6.15. The summed E-state index contributed by atoms with van der Waals surface area (Å²) in [6.45, 7) is 4.29. The highest BCUT2D eigenvalue weighted by Crippen LogP contribution is 2.23. The maximum Gasteiger partial charge on any atom is 0.345 e. The van der Waals surface area contributed by atoms with Crippen molar-refractivity contribution in [2.75, 3.05) is 13.2 Å². The molecule has 0 saturated carbocycles. The van der Waals surface area contributed by atoms with Crippen molar-refractivity contribution in [1.82, 2.24) is 0 Å². The van der Waals surface area contributed by atoms with E-state index in [-0.39, 0.29) is 19.3 Å². The zero-order chi connectivity index (χ0) is 16.9. The fourth-order valence-electron chi connectivity index (χ4n) is 1.70. The van der Waals surface area contributed by atoms with Gasteiger partial charge in [-0.2, -0.15) is 0 Å². The molecule has 0 fully saturated rings. The lowest BCUT2D eigenvalue weighted by molar-refractivity contribution is -0.138. The highest BCUT2D eigenvalue weighted by molar-refractivity contribution is 6.24. The smallest absolute Gasteiger partial charge is 0.345 e. The van der Waals surface area contributed by atoms with Gasteiger partial charge < -0.3 is 9.47 Å². The van der Waals surface area contributed by atoms with Crippen molar-refractivity contribution < 1.29 is 32.2 Å². The molecule has 4 nitrogen and oxygen atoms in total. The average molecular weight is 316 g/mol. The maximum absolute atomic E-state index is 13.8. The summed E-state index contributed by atoms with van der Waals surface area (Å²) in [5.41, 5.74) is -1.87. The van der Waals surface area contributed by atoms with Crippen molar-refractivity contribution in [3.63, 3.8) is 0 Å². The summed E-state index contributed by atoms with van der Waals surface area (Å²) in [5.74, 6) is -6.22. The van der Waals surface area contributed by atoms with Gasteiger partial charge in [-0.05, 0) is 20.8 Å². The lowest BCUT2D eigenvalue weighted by Gasteiger charge is -2.10. The van der Waals surface area contributed by atoms with Crippen LogP contribution in [0.4, 0.5) is 13.2 Å². The molecule has 7 heteroatoms. The Balaban J connectivity index is 3.37. The summed E-state index contributed by atoms with van der Waals surface area (Å²) >= 11 is 0. The average Bonchev–Trinajstić information content (AvgIpc) is 2.45. The van der Waals surface area contributed by atoms with Gasteiger partial charge in [0.15, 0.2) is 11.6 Å². The SMILES string of the molecule is CCOC=C(C(=O)OCC)C(=O)c1c(F)cc(F)c(F)c1C. The lowest BCUT2D eigenvalue weighted by Crippen LogP contribution is -2.19. The van der Waals surface area contributed by atoms with Crippen LogP contribution in [0, 0.1) is 24.4 Å². The van der Waals surface area contributed by atoms with Gasteiger partial charge in [-0.1, -0.05) is 0 Å². The zero-order valence-corrected chi connectivity index (χ0v) is 12.3. The monoisotopic (exact) mass is 316 g/mol. The molecule has 0 aromatic heterocycles. The Labute approximate surface area is 125 Å². The summed E-state index contributed by atoms with van der Waals surface area (Å²) in [6, 6.07) is 0.249. The number of halogens is 3. The van der Waals surface area contributed by atoms with E-state index in [1.807, 2.05) is 0 Å². The zero-order valence-electron chi connectivity index (χ0n) is 12.3. The normalized spacial score (nSPS) is 11.3. The van der Waals surface area contributed by atoms with E-state index in [0.717, 1.165) is 13.2 Å². The van der Waals surface area contributed by atoms with Crippen molar-refractivity contribution >= 4 is 11.8 Å². The van der Waals surface area contributed by atoms with Gasteiger partial charge in [0.1, 0.15) is 17.7 Å². The number of carbonyl (C=O) groups excluding carboxylic acids is 2. The van der Waals surface area contributed by atoms with Gasteiger partial charge in [0.05, 0.1) is 18.8 Å². The first kappa shape index (κ1) is 17.7. The number of ketones is 1. The fraction of sp³-hybridized carbons (Fsp3) is 0.333. The number of rotatable bonds is 6. The van der Waals surface area contributed by atoms with Crippen molar-refractivity contribution in [1.29, 1.82) is 0 Å². The third-order valence-electron chi connectivity index (χ3n) is 2.74. The van der Waals surface area contributed by atoms with Gasteiger partial charge in [0, 0.05) is 11.6 Å². The van der Waals surface area contributed by atoms with Crippen molar-refractivity contribution in [3.05, 3.63) is 46.5 Å². The Hall–Kier alpha value is -2.31. The molecule has 0 aliphatic carbocycles. The van der Waals surface area contributed by atoms with E-state index in [1.54, 1.807) is 6.92 Å². The first-order valence-electron chi connectivity index (χ1n) is 6.52. The van der Waals surface area contributed by atoms with Crippen LogP contribution >= 0.6 is 0 Å². The Bertz CT molecular complexity index is 624. The van der Waals surface area contributed by atoms with Crippen LogP contribution in [0.1, 0.15) is 29.8 Å². The lowest BCUT2D eigenvalue weighted by atomic mass is 9.98. The number of esters is 1. The van der Waals surface area contributed by atoms with E-state index in [9.17, 15) is 22.8 Å². The molecular formula is C15H15F3O4. The fourth-order valence-corrected chi connectivity index (χ4v) is 1.70. The van der Waals surface area contributed by atoms with Gasteiger partial charge in [-0.3, -0.25) is 4.79 Å². The van der Waals surface area contributed by atoms with Crippen LogP contribution in [0.5, 0.6) is 0 Å². The van der Waals surface area contributed by atoms with E-state index in [1.165, 1.54) is 6.92 Å². The minimum atomic E-state index is -1.42. The summed E-state index contributed by atoms with van der Waals surface area (Å²) in [5, 5.41) is 0. The Morgan fingerprint density at radius 1 is 1.14 bits per heavy atom. The van der Waals surface area contributed by atoms with E-state index in [4.69, 9.17) is 4.74 Å². The first-order chi connectivity index (χ1) is 10.3. The molecule has 1 rings (SSSR count). The van der Waals surface area contributed by atoms with Gasteiger partial charge in [0.2, 0.25) is 5.78 Å². The predicted octanol–water partition coefficient (Wildman–Crippen LogP) is 3.08. The van der Waals surface area contributed by atoms with E-state index in [0.29, 0.717) is 0 Å². The second-order valence-electron chi connectivity index (χ2n) is 4.19. The molecule has 0 N–H and O–H groups in total. The summed E-state index contributed by atoms with van der Waals surface area (Å²) < 4.78 is 50.0. The number of Topliss-reactive ketones (excluding diaryl/α,β-unsaturated/α-hetero) is 1. The van der Waals surface area contributed by atoms with Gasteiger partial charge in [-0.15, -0.1) is 0 Å². The first-order valence-corrected chi connectivity index (χ1v) is 6.52. The van der Waals surface area contributed by atoms with Gasteiger partial charge >= 0.3 is 5.97 Å². The maximum atomic E-state index is 13.8. The Morgan fingerprint density at radius 3 is 2.32 bits per heavy atom. The molecule has 0 unspecified atom stereocenters. The Morgan fingerprint density at radius 2 is 1.77 bits per heavy atom. The quantitative estimate of drug-likeness (QED) is 0.154. The minimum Gasteiger partial charge on any atom is -0.500 e. The highest BCUT2D eigenvalue weighted by Gasteiger charge is 2.28. The molecular weight excluding hydrogens is 301 g/mol. The molecule has 22 heavy (non-hydrogen) atoms. The van der Waals surface area contributed by atoms with Crippen LogP contribution in [0.3, 0.4) is 0 Å². The van der Waals surface area contributed by atoms with Crippen LogP contribution in [0.25, 0.3) is 0 Å². The topological polar surface area (TPSA) is 52.6 Å². The molecule has 0 radical (unpaired) electrons. The number of ether oxygens (including phenoxy) is 2. The predicted molar refractivity (Wildman–Crippen MR) is 71.7 cm³/mol. The van der Waals surface area contributed by atoms with Crippen molar-refractivity contribution in [2.24, 2.45) is 0 Å². The van der Waals surface area contributed by atoms with E-state index >= 15 is 0 Å². The molecule has 0 spiro atoms. The van der Waals surface area contributed by atoms with Crippen molar-refractivity contribution in [3.8, 4) is 0 Å². The van der Waals surface area contributed by atoms with Crippen LogP contribution in [-0.4, -0.2) is 25.0 Å². The highest BCUT2D eigenvalue weighted by atomic mass is 19.2. The molecule has 0 bridgehead atoms. The number of carbonyl (C=O) groups is 2. The molecule has 0 amide bonds. The third kappa shape index (κ3) is 3.66. The molecule has 0 aliphatic heterocycles. The van der Waals surface area contributed by atoms with Crippen LogP contribution in [0.15, 0.2) is 17.9 Å². The third-order valence-corrected chi connectivity index (χ3v) is 2.74. The number of hydrogen-bond acceptors (Lipinski definition) is 4. The summed E-state index contributed by atoms with van der Waals surface area (Å²) in [7, 11) is 0. The second-order valence-corrected chi connectivity index (χ2v) is 4.19. The number of hydrogen-bond donors (Lipinski definition) is 0. The molecule has 1 aromatic carbocycles. The molecule has 120 valence electrons. The largest absolute Gasteiger partial charge is 0.500 e. The van der Waals surface area contributed by atoms with Gasteiger partial charge in [0.25, 0.3) is 0 Å². The van der Waals surface area contributed by atoms with Crippen LogP contribution < -0.4 is 0 Å². The molecule has 1 aromatic rings. The minimum absolute atomic E-state index is 0.0190. The molecule has 0 aliphatic rings. The molecule has 0 atom stereocenters. The molecule has 0 heterocycles. The molecule has 0 saturated heterocycles. The summed E-state index contributed by atoms with van der Waals surface area (Å²) in [4.78, 5) is 24.1. The van der Waals surface area contributed by atoms with Gasteiger partial charge in [-0.25, -0.2) is 18.0 Å². The second kappa shape index (κ2) is 7.63. The van der Waals surface area contributed by atoms with Crippen molar-refractivity contribution in [2.45, 2.75) is 20.8 Å². The van der Waals surface area contributed by atoms with E-state index < -0.39 is 45.9 Å².